The van der Waals surface area contributed by atoms with E-state index >= 15 is 0 Å². The third-order valence-electron chi connectivity index (χ3n) is 1.84. The molecule has 1 N–H and O–H groups in total. The van der Waals surface area contributed by atoms with Gasteiger partial charge in [0.15, 0.2) is 0 Å². The van der Waals surface area contributed by atoms with Crippen molar-refractivity contribution in [3.8, 4) is 11.8 Å². The molecule has 1 nitrogen and oxygen atoms in total. The van der Waals surface area contributed by atoms with Gasteiger partial charge in [-0.3, -0.25) is 0 Å². The number of benzene rings is 1. The summed E-state index contributed by atoms with van der Waals surface area (Å²) in [4.78, 5) is 0. The van der Waals surface area contributed by atoms with Gasteiger partial charge in [0.05, 0.1) is 6.10 Å². The maximum atomic E-state index is 9.17. The van der Waals surface area contributed by atoms with Crippen molar-refractivity contribution in [1.29, 1.82) is 0 Å². The summed E-state index contributed by atoms with van der Waals surface area (Å²) in [5.41, 5.74) is 1.01. The first-order valence-corrected chi connectivity index (χ1v) is 4.67. The van der Waals surface area contributed by atoms with Gasteiger partial charge < -0.3 is 5.11 Å². The highest BCUT2D eigenvalue weighted by molar-refractivity contribution is 5.33. The molecule has 0 radical (unpaired) electrons. The zero-order chi connectivity index (χ0) is 10.2. The van der Waals surface area contributed by atoms with Gasteiger partial charge in [-0.2, -0.15) is 0 Å². The molecule has 72 valence electrons. The molecule has 0 saturated carbocycles. The minimum atomic E-state index is -0.430. The number of aliphatic hydroxyl groups is 1. The zero-order valence-electron chi connectivity index (χ0n) is 8.11. The largest absolute Gasteiger partial charge is 0.389 e. The molecule has 1 aromatic carbocycles. The summed E-state index contributed by atoms with van der Waals surface area (Å²) in [6.07, 6.45) is 2.45. The third-order valence-corrected chi connectivity index (χ3v) is 1.84. The van der Waals surface area contributed by atoms with Crippen molar-refractivity contribution in [2.75, 3.05) is 0 Å². The molecule has 0 aliphatic carbocycles. The van der Waals surface area contributed by atoms with E-state index in [2.05, 4.69) is 18.4 Å². The second-order valence-electron chi connectivity index (χ2n) is 3.01. The quantitative estimate of drug-likeness (QED) is 0.567. The predicted octanol–water partition coefficient (Wildman–Crippen LogP) is 2.37. The lowest BCUT2D eigenvalue weighted by Crippen LogP contribution is -1.99. The average Bonchev–Trinajstić information content (AvgIpc) is 2.25. The Balaban J connectivity index is 2.38. The minimum Gasteiger partial charge on any atom is -0.389 e. The number of hydrogen-bond acceptors (Lipinski definition) is 1. The standard InChI is InChI=1S/C13H14O/c1-2-13(14)11-7-6-10-12-8-4-3-5-9-12/h2-5,8-9,13-14H,1,7,11H2. The highest BCUT2D eigenvalue weighted by atomic mass is 16.3. The maximum Gasteiger partial charge on any atom is 0.0727 e. The molecule has 0 bridgehead atoms. The van der Waals surface area contributed by atoms with E-state index < -0.39 is 6.10 Å². The first-order valence-electron chi connectivity index (χ1n) is 4.67. The Bertz CT molecular complexity index is 329. The molecule has 0 aliphatic heterocycles. The van der Waals surface area contributed by atoms with E-state index in [0.29, 0.717) is 12.8 Å². The van der Waals surface area contributed by atoms with Crippen LogP contribution in [0.25, 0.3) is 0 Å². The summed E-state index contributed by atoms with van der Waals surface area (Å²) in [6.45, 7) is 3.50. The molecule has 0 saturated heterocycles. The summed E-state index contributed by atoms with van der Waals surface area (Å²) < 4.78 is 0. The van der Waals surface area contributed by atoms with Crippen LogP contribution >= 0.6 is 0 Å². The fourth-order valence-electron chi connectivity index (χ4n) is 1.02. The van der Waals surface area contributed by atoms with Crippen LogP contribution in [-0.2, 0) is 0 Å². The fraction of sp³-hybridized carbons (Fsp3) is 0.231. The van der Waals surface area contributed by atoms with Crippen LogP contribution in [0, 0.1) is 11.8 Å². The SMILES string of the molecule is C=CC(O)CCC#Cc1ccccc1. The number of aliphatic hydroxyl groups excluding tert-OH is 1. The van der Waals surface area contributed by atoms with Crippen LogP contribution in [0.3, 0.4) is 0 Å². The Morgan fingerprint density at radius 3 is 2.71 bits per heavy atom. The van der Waals surface area contributed by atoms with Crippen molar-refractivity contribution in [3.05, 3.63) is 48.6 Å². The number of hydrogen-bond donors (Lipinski definition) is 1. The van der Waals surface area contributed by atoms with Gasteiger partial charge in [0.25, 0.3) is 0 Å². The number of rotatable bonds is 3. The van der Waals surface area contributed by atoms with Gasteiger partial charge in [-0.15, -0.1) is 6.58 Å². The maximum absolute atomic E-state index is 9.17. The first-order chi connectivity index (χ1) is 6.83. The van der Waals surface area contributed by atoms with E-state index in [0.717, 1.165) is 5.56 Å². The summed E-state index contributed by atoms with van der Waals surface area (Å²) in [5.74, 6) is 6.04. The summed E-state index contributed by atoms with van der Waals surface area (Å²) in [6, 6.07) is 9.83. The van der Waals surface area contributed by atoms with Crippen LogP contribution in [0.4, 0.5) is 0 Å². The Labute approximate surface area is 85.1 Å². The molecule has 0 aliphatic rings. The Hall–Kier alpha value is -1.52. The van der Waals surface area contributed by atoms with Gasteiger partial charge >= 0.3 is 0 Å². The normalized spacial score (nSPS) is 11.2. The van der Waals surface area contributed by atoms with E-state index in [1.54, 1.807) is 0 Å². The summed E-state index contributed by atoms with van der Waals surface area (Å²) in [5, 5.41) is 9.17. The van der Waals surface area contributed by atoms with Crippen molar-refractivity contribution in [1.82, 2.24) is 0 Å². The molecule has 14 heavy (non-hydrogen) atoms. The lowest BCUT2D eigenvalue weighted by Gasteiger charge is -1.98. The first kappa shape index (κ1) is 10.6. The van der Waals surface area contributed by atoms with Crippen molar-refractivity contribution >= 4 is 0 Å². The molecule has 1 atom stereocenters. The van der Waals surface area contributed by atoms with Gasteiger partial charge in [-0.25, -0.2) is 0 Å². The molecule has 0 heterocycles. The molecule has 1 rings (SSSR count). The summed E-state index contributed by atoms with van der Waals surface area (Å²) >= 11 is 0. The second-order valence-corrected chi connectivity index (χ2v) is 3.01. The third kappa shape index (κ3) is 3.93. The van der Waals surface area contributed by atoms with Crippen molar-refractivity contribution < 1.29 is 5.11 Å². The van der Waals surface area contributed by atoms with Gasteiger partial charge in [0, 0.05) is 12.0 Å². The molecular weight excluding hydrogens is 172 g/mol. The lowest BCUT2D eigenvalue weighted by molar-refractivity contribution is 0.215. The summed E-state index contributed by atoms with van der Waals surface area (Å²) in [7, 11) is 0. The highest BCUT2D eigenvalue weighted by Crippen LogP contribution is 1.98. The molecule has 0 aromatic heterocycles. The smallest absolute Gasteiger partial charge is 0.0727 e. The minimum absolute atomic E-state index is 0.430. The van der Waals surface area contributed by atoms with Crippen LogP contribution < -0.4 is 0 Å². The average molecular weight is 186 g/mol. The topological polar surface area (TPSA) is 20.2 Å². The molecule has 0 amide bonds. The van der Waals surface area contributed by atoms with Crippen LogP contribution in [0.1, 0.15) is 18.4 Å². The Morgan fingerprint density at radius 2 is 2.07 bits per heavy atom. The van der Waals surface area contributed by atoms with Crippen molar-refractivity contribution in [3.63, 3.8) is 0 Å². The van der Waals surface area contributed by atoms with E-state index in [1.807, 2.05) is 30.3 Å². The van der Waals surface area contributed by atoms with Gasteiger partial charge in [-0.1, -0.05) is 36.1 Å². The van der Waals surface area contributed by atoms with E-state index in [9.17, 15) is 0 Å². The van der Waals surface area contributed by atoms with Crippen LogP contribution in [0.2, 0.25) is 0 Å². The highest BCUT2D eigenvalue weighted by Gasteiger charge is 1.93. The monoisotopic (exact) mass is 186 g/mol. The fourth-order valence-corrected chi connectivity index (χ4v) is 1.02. The van der Waals surface area contributed by atoms with E-state index in [4.69, 9.17) is 5.11 Å². The van der Waals surface area contributed by atoms with Gasteiger partial charge in [0.1, 0.15) is 0 Å². The molecule has 0 fully saturated rings. The van der Waals surface area contributed by atoms with Crippen LogP contribution in [0.5, 0.6) is 0 Å². The van der Waals surface area contributed by atoms with E-state index in [-0.39, 0.29) is 0 Å². The lowest BCUT2D eigenvalue weighted by atomic mass is 10.2. The van der Waals surface area contributed by atoms with E-state index in [1.165, 1.54) is 6.08 Å². The van der Waals surface area contributed by atoms with Gasteiger partial charge in [-0.05, 0) is 18.6 Å². The molecule has 1 aromatic rings. The molecule has 1 heteroatoms. The van der Waals surface area contributed by atoms with Gasteiger partial charge in [0.2, 0.25) is 0 Å². The molecule has 1 unspecified atom stereocenters. The Kier molecular flexibility index (Phi) is 4.54. The predicted molar refractivity (Wildman–Crippen MR) is 58.8 cm³/mol. The van der Waals surface area contributed by atoms with Crippen molar-refractivity contribution in [2.45, 2.75) is 18.9 Å². The van der Waals surface area contributed by atoms with Crippen molar-refractivity contribution in [2.24, 2.45) is 0 Å². The van der Waals surface area contributed by atoms with Crippen LogP contribution in [-0.4, -0.2) is 11.2 Å². The molecule has 0 spiro atoms. The molecular formula is C13H14O. The van der Waals surface area contributed by atoms with Crippen LogP contribution in [0.15, 0.2) is 43.0 Å². The second kappa shape index (κ2) is 6.01. The zero-order valence-corrected chi connectivity index (χ0v) is 8.11. The Morgan fingerprint density at radius 1 is 1.36 bits per heavy atom.